The van der Waals surface area contributed by atoms with Crippen LogP contribution in [0.3, 0.4) is 0 Å². The number of amides is 1. The highest BCUT2D eigenvalue weighted by Crippen LogP contribution is 2.39. The Hall–Kier alpha value is -2.22. The molecule has 0 aromatic carbocycles. The molecule has 3 aliphatic rings. The average molecular weight is 384 g/mol. The number of nitrogens with zero attached hydrogens (tertiary/aromatic N) is 7. The van der Waals surface area contributed by atoms with Crippen LogP contribution >= 0.6 is 0 Å². The van der Waals surface area contributed by atoms with Gasteiger partial charge in [-0.15, -0.1) is 0 Å². The predicted octanol–water partition coefficient (Wildman–Crippen LogP) is 1.27. The third-order valence-electron chi connectivity index (χ3n) is 6.60. The first-order chi connectivity index (χ1) is 13.6. The lowest BCUT2D eigenvalue weighted by atomic mass is 10.1. The summed E-state index contributed by atoms with van der Waals surface area (Å²) < 4.78 is 1.77. The van der Waals surface area contributed by atoms with Gasteiger partial charge in [0.15, 0.2) is 5.65 Å². The number of aromatic nitrogens is 4. The first-order valence-corrected chi connectivity index (χ1v) is 10.5. The molecule has 3 fully saturated rings. The van der Waals surface area contributed by atoms with Crippen molar-refractivity contribution in [3.63, 3.8) is 0 Å². The highest BCUT2D eigenvalue weighted by molar-refractivity contribution is 5.87. The fourth-order valence-corrected chi connectivity index (χ4v) is 4.49. The molecule has 28 heavy (non-hydrogen) atoms. The molecule has 8 nitrogen and oxygen atoms in total. The summed E-state index contributed by atoms with van der Waals surface area (Å²) >= 11 is 0. The third kappa shape index (κ3) is 3.34. The van der Waals surface area contributed by atoms with Crippen LogP contribution in [0.25, 0.3) is 11.0 Å². The van der Waals surface area contributed by atoms with Gasteiger partial charge in [0.1, 0.15) is 12.1 Å². The summed E-state index contributed by atoms with van der Waals surface area (Å²) in [5.74, 6) is 2.02. The number of piperazine rings is 1. The Bertz CT molecular complexity index is 865. The minimum Gasteiger partial charge on any atom is -0.352 e. The Morgan fingerprint density at radius 3 is 2.61 bits per heavy atom. The van der Waals surface area contributed by atoms with Gasteiger partial charge < -0.3 is 9.80 Å². The van der Waals surface area contributed by atoms with E-state index < -0.39 is 0 Å². The van der Waals surface area contributed by atoms with Gasteiger partial charge >= 0.3 is 0 Å². The molecule has 5 rings (SSSR count). The molecule has 1 amide bonds. The molecule has 150 valence electrons. The molecule has 2 aliphatic carbocycles. The molecule has 2 aromatic rings. The molecule has 0 radical (unpaired) electrons. The van der Waals surface area contributed by atoms with Crippen molar-refractivity contribution in [2.45, 2.75) is 44.7 Å². The SMILES string of the molecule is CC(C1CC1)N(CC(=O)N1CCN(c2ncnc3c2cnn3C)CC1)C1CC1. The molecule has 8 heteroatoms. The fourth-order valence-electron chi connectivity index (χ4n) is 4.49. The number of anilines is 1. The Morgan fingerprint density at radius 1 is 1.18 bits per heavy atom. The van der Waals surface area contributed by atoms with Crippen LogP contribution in [0.15, 0.2) is 12.5 Å². The Labute approximate surface area is 165 Å². The number of hydrogen-bond acceptors (Lipinski definition) is 6. The van der Waals surface area contributed by atoms with Crippen molar-refractivity contribution >= 4 is 22.8 Å². The van der Waals surface area contributed by atoms with Crippen LogP contribution < -0.4 is 4.90 Å². The zero-order valence-electron chi connectivity index (χ0n) is 16.8. The number of rotatable bonds is 6. The second-order valence-electron chi connectivity index (χ2n) is 8.55. The second-order valence-corrected chi connectivity index (χ2v) is 8.55. The van der Waals surface area contributed by atoms with Gasteiger partial charge in [-0.3, -0.25) is 14.4 Å². The van der Waals surface area contributed by atoms with Crippen molar-refractivity contribution in [3.8, 4) is 0 Å². The lowest BCUT2D eigenvalue weighted by Gasteiger charge is -2.37. The quantitative estimate of drug-likeness (QED) is 0.748. The largest absolute Gasteiger partial charge is 0.352 e. The van der Waals surface area contributed by atoms with Crippen molar-refractivity contribution in [3.05, 3.63) is 12.5 Å². The summed E-state index contributed by atoms with van der Waals surface area (Å²) in [5, 5.41) is 5.28. The van der Waals surface area contributed by atoms with Crippen LogP contribution in [0, 0.1) is 5.92 Å². The third-order valence-corrected chi connectivity index (χ3v) is 6.60. The van der Waals surface area contributed by atoms with E-state index in [-0.39, 0.29) is 5.91 Å². The second kappa shape index (κ2) is 6.99. The van der Waals surface area contributed by atoms with E-state index >= 15 is 0 Å². The molecule has 0 spiro atoms. The van der Waals surface area contributed by atoms with Crippen molar-refractivity contribution < 1.29 is 4.79 Å². The lowest BCUT2D eigenvalue weighted by Crippen LogP contribution is -2.52. The highest BCUT2D eigenvalue weighted by Gasteiger charge is 2.40. The highest BCUT2D eigenvalue weighted by atomic mass is 16.2. The summed E-state index contributed by atoms with van der Waals surface area (Å²) in [6.07, 6.45) is 8.61. The molecular weight excluding hydrogens is 354 g/mol. The van der Waals surface area contributed by atoms with Gasteiger partial charge in [0.05, 0.1) is 18.1 Å². The Morgan fingerprint density at radius 2 is 1.93 bits per heavy atom. The maximum absolute atomic E-state index is 13.0. The average Bonchev–Trinajstić information content (AvgIpc) is 3.63. The predicted molar refractivity (Wildman–Crippen MR) is 107 cm³/mol. The van der Waals surface area contributed by atoms with E-state index in [2.05, 4.69) is 31.8 Å². The number of carbonyl (C=O) groups excluding carboxylic acids is 1. The summed E-state index contributed by atoms with van der Waals surface area (Å²) in [7, 11) is 1.89. The van der Waals surface area contributed by atoms with Gasteiger partial charge in [0, 0.05) is 45.3 Å². The van der Waals surface area contributed by atoms with Crippen LogP contribution in [0.1, 0.15) is 32.6 Å². The van der Waals surface area contributed by atoms with E-state index in [1.54, 1.807) is 11.0 Å². The zero-order chi connectivity index (χ0) is 19.3. The monoisotopic (exact) mass is 383 g/mol. The van der Waals surface area contributed by atoms with E-state index in [4.69, 9.17) is 0 Å². The molecule has 1 aliphatic heterocycles. The van der Waals surface area contributed by atoms with E-state index in [0.29, 0.717) is 18.6 Å². The van der Waals surface area contributed by atoms with Gasteiger partial charge in [-0.1, -0.05) is 0 Å². The van der Waals surface area contributed by atoms with Gasteiger partial charge in [0.25, 0.3) is 0 Å². The maximum Gasteiger partial charge on any atom is 0.236 e. The van der Waals surface area contributed by atoms with Crippen molar-refractivity contribution in [2.24, 2.45) is 13.0 Å². The number of aryl methyl sites for hydroxylation is 1. The normalized spacial score (nSPS) is 21.5. The van der Waals surface area contributed by atoms with Crippen LogP contribution in [0.4, 0.5) is 5.82 Å². The van der Waals surface area contributed by atoms with E-state index in [1.165, 1.54) is 25.7 Å². The number of hydrogen-bond donors (Lipinski definition) is 0. The van der Waals surface area contributed by atoms with Gasteiger partial charge in [-0.25, -0.2) is 9.97 Å². The van der Waals surface area contributed by atoms with Crippen LogP contribution in [-0.4, -0.2) is 80.3 Å². The lowest BCUT2D eigenvalue weighted by molar-refractivity contribution is -0.133. The molecule has 1 atom stereocenters. The van der Waals surface area contributed by atoms with Crippen LogP contribution in [0.5, 0.6) is 0 Å². The summed E-state index contributed by atoms with van der Waals surface area (Å²) in [6, 6.07) is 1.19. The van der Waals surface area contributed by atoms with Gasteiger partial charge in [-0.05, 0) is 38.5 Å². The standard InChI is InChI=1S/C20H29N7O/c1-14(15-3-4-15)27(16-5-6-16)12-18(28)25-7-9-26(10-8-25)20-17-11-23-24(2)19(17)21-13-22-20/h11,13-16H,3-10,12H2,1-2H3. The van der Waals surface area contributed by atoms with Crippen LogP contribution in [-0.2, 0) is 11.8 Å². The molecule has 1 saturated heterocycles. The molecule has 3 heterocycles. The van der Waals surface area contributed by atoms with Crippen molar-refractivity contribution in [1.82, 2.24) is 29.5 Å². The zero-order valence-corrected chi connectivity index (χ0v) is 16.8. The number of carbonyl (C=O) groups is 1. The van der Waals surface area contributed by atoms with E-state index in [0.717, 1.165) is 48.9 Å². The topological polar surface area (TPSA) is 70.4 Å². The van der Waals surface area contributed by atoms with E-state index in [1.807, 2.05) is 18.1 Å². The van der Waals surface area contributed by atoms with E-state index in [9.17, 15) is 4.79 Å². The molecule has 2 saturated carbocycles. The molecule has 0 bridgehead atoms. The smallest absolute Gasteiger partial charge is 0.236 e. The minimum atomic E-state index is 0.285. The van der Waals surface area contributed by atoms with Crippen molar-refractivity contribution in [2.75, 3.05) is 37.6 Å². The minimum absolute atomic E-state index is 0.285. The van der Waals surface area contributed by atoms with Gasteiger partial charge in [-0.2, -0.15) is 5.10 Å². The Balaban J connectivity index is 1.22. The molecule has 0 N–H and O–H groups in total. The summed E-state index contributed by atoms with van der Waals surface area (Å²) in [6.45, 7) is 6.00. The summed E-state index contributed by atoms with van der Waals surface area (Å²) in [4.78, 5) is 28.6. The molecule has 1 unspecified atom stereocenters. The maximum atomic E-state index is 13.0. The van der Waals surface area contributed by atoms with Crippen LogP contribution in [0.2, 0.25) is 0 Å². The molecular formula is C20H29N7O. The summed E-state index contributed by atoms with van der Waals surface area (Å²) in [5.41, 5.74) is 0.845. The van der Waals surface area contributed by atoms with Crippen molar-refractivity contribution in [1.29, 1.82) is 0 Å². The first-order valence-electron chi connectivity index (χ1n) is 10.5. The fraction of sp³-hybridized carbons (Fsp3) is 0.700. The Kier molecular flexibility index (Phi) is 4.45. The molecule has 2 aromatic heterocycles. The number of fused-ring (bicyclic) bond motifs is 1. The first kappa shape index (κ1) is 17.8. The van der Waals surface area contributed by atoms with Gasteiger partial charge in [0.2, 0.25) is 5.91 Å².